The summed E-state index contributed by atoms with van der Waals surface area (Å²) in [4.78, 5) is 37.9. The lowest BCUT2D eigenvalue weighted by Gasteiger charge is -2.24. The van der Waals surface area contributed by atoms with Crippen molar-refractivity contribution >= 4 is 11.8 Å². The molecule has 5 rings (SSSR count). The largest absolute Gasteiger partial charge is 0.493 e. The molecule has 0 unspecified atom stereocenters. The number of fused-ring (bicyclic) bond motifs is 5. The smallest absolute Gasteiger partial charge is 0.243 e. The second kappa shape index (κ2) is 13.8. The molecular weight excluding hydrogens is 534 g/mol. The number of ether oxygens (including phenoxy) is 2. The van der Waals surface area contributed by atoms with Crippen LogP contribution >= 0.6 is 0 Å². The molecule has 0 saturated heterocycles. The van der Waals surface area contributed by atoms with Gasteiger partial charge in [0.15, 0.2) is 11.5 Å². The van der Waals surface area contributed by atoms with Gasteiger partial charge in [-0.05, 0) is 49.2 Å². The van der Waals surface area contributed by atoms with E-state index in [4.69, 9.17) is 13.9 Å². The minimum atomic E-state index is -0.769. The average Bonchev–Trinajstić information content (AvgIpc) is 3.38. The molecule has 0 radical (unpaired) electrons. The third-order valence-electron chi connectivity index (χ3n) is 7.02. The van der Waals surface area contributed by atoms with Crippen LogP contribution in [-0.4, -0.2) is 59.5 Å². The number of hydrogen-bond donors (Lipinski definition) is 2. The van der Waals surface area contributed by atoms with E-state index in [-0.39, 0.29) is 24.9 Å². The zero-order valence-corrected chi connectivity index (χ0v) is 23.8. The van der Waals surface area contributed by atoms with Gasteiger partial charge in [-0.15, -0.1) is 0 Å². The second-order valence-electron chi connectivity index (χ2n) is 10.1. The number of nitrogens with zero attached hydrogens (tertiary/aromatic N) is 3. The molecule has 0 fully saturated rings. The van der Waals surface area contributed by atoms with Gasteiger partial charge in [-0.2, -0.15) is 0 Å². The van der Waals surface area contributed by atoms with E-state index in [1.807, 2.05) is 71.6 Å². The van der Waals surface area contributed by atoms with Gasteiger partial charge in [0.1, 0.15) is 17.5 Å². The number of oxazole rings is 1. The Hall–Kier alpha value is -4.70. The average molecular weight is 570 g/mol. The molecule has 4 aromatic rings. The highest BCUT2D eigenvalue weighted by Crippen LogP contribution is 2.33. The normalized spacial score (nSPS) is 16.9. The summed E-state index contributed by atoms with van der Waals surface area (Å²) >= 11 is 0. The Balaban J connectivity index is 1.43. The van der Waals surface area contributed by atoms with E-state index in [1.54, 1.807) is 20.2 Å². The maximum absolute atomic E-state index is 13.4. The molecule has 2 N–H and O–H groups in total. The monoisotopic (exact) mass is 569 g/mol. The fourth-order valence-electron chi connectivity index (χ4n) is 4.84. The predicted octanol–water partition coefficient (Wildman–Crippen LogP) is 3.68. The quantitative estimate of drug-likeness (QED) is 0.374. The zero-order chi connectivity index (χ0) is 29.3. The molecule has 4 bridgehead atoms. The number of carbonyl (C=O) groups excluding carboxylic acids is 2. The van der Waals surface area contributed by atoms with Crippen molar-refractivity contribution in [1.29, 1.82) is 0 Å². The lowest BCUT2D eigenvalue weighted by molar-refractivity contribution is -0.129. The van der Waals surface area contributed by atoms with Crippen molar-refractivity contribution in [2.24, 2.45) is 0 Å². The maximum atomic E-state index is 13.4. The summed E-state index contributed by atoms with van der Waals surface area (Å²) in [5, 5.41) is 5.91. The first-order chi connectivity index (χ1) is 20.5. The molecule has 1 atom stereocenters. The first kappa shape index (κ1) is 28.8. The van der Waals surface area contributed by atoms with E-state index in [0.29, 0.717) is 61.4 Å². The van der Waals surface area contributed by atoms with E-state index >= 15 is 0 Å². The topological polar surface area (TPSA) is 119 Å². The molecule has 3 heterocycles. The first-order valence-corrected chi connectivity index (χ1v) is 14.0. The molecule has 2 aromatic heterocycles. The van der Waals surface area contributed by atoms with Gasteiger partial charge in [-0.1, -0.05) is 36.4 Å². The zero-order valence-electron chi connectivity index (χ0n) is 23.8. The van der Waals surface area contributed by atoms with Crippen LogP contribution in [0.15, 0.2) is 77.3 Å². The van der Waals surface area contributed by atoms with Crippen LogP contribution in [0.4, 0.5) is 0 Å². The Morgan fingerprint density at radius 3 is 2.69 bits per heavy atom. The van der Waals surface area contributed by atoms with Crippen LogP contribution in [0.3, 0.4) is 0 Å². The van der Waals surface area contributed by atoms with Crippen LogP contribution in [0.25, 0.3) is 11.5 Å². The molecule has 42 heavy (non-hydrogen) atoms. The number of carbonyl (C=O) groups is 2. The van der Waals surface area contributed by atoms with Crippen LogP contribution in [-0.2, 0) is 29.1 Å². The fraction of sp³-hybridized carbons (Fsp3) is 0.312. The number of aryl methyl sites for hydroxylation is 1. The molecule has 2 amide bonds. The van der Waals surface area contributed by atoms with Crippen molar-refractivity contribution < 1.29 is 23.5 Å². The maximum Gasteiger partial charge on any atom is 0.243 e. The summed E-state index contributed by atoms with van der Waals surface area (Å²) in [5.74, 6) is 1.63. The second-order valence-corrected chi connectivity index (χ2v) is 10.1. The van der Waals surface area contributed by atoms with Gasteiger partial charge in [0.25, 0.3) is 0 Å². The predicted molar refractivity (Wildman–Crippen MR) is 157 cm³/mol. The molecule has 0 aliphatic carbocycles. The highest BCUT2D eigenvalue weighted by molar-refractivity contribution is 5.88. The number of nitrogens with one attached hydrogen (secondary N) is 2. The molecule has 10 nitrogen and oxygen atoms in total. The fourth-order valence-corrected chi connectivity index (χ4v) is 4.84. The summed E-state index contributed by atoms with van der Waals surface area (Å²) in [5.41, 5.74) is 3.13. The van der Waals surface area contributed by atoms with Crippen molar-refractivity contribution in [2.45, 2.75) is 38.9 Å². The summed E-state index contributed by atoms with van der Waals surface area (Å²) in [6, 6.07) is 20.1. The number of hydrogen-bond acceptors (Lipinski definition) is 8. The molecule has 0 spiro atoms. The van der Waals surface area contributed by atoms with Crippen molar-refractivity contribution in [1.82, 2.24) is 25.5 Å². The van der Waals surface area contributed by atoms with Crippen molar-refractivity contribution in [3.63, 3.8) is 0 Å². The minimum Gasteiger partial charge on any atom is -0.493 e. The Kier molecular flexibility index (Phi) is 9.45. The van der Waals surface area contributed by atoms with E-state index in [9.17, 15) is 9.59 Å². The van der Waals surface area contributed by atoms with Gasteiger partial charge < -0.3 is 24.5 Å². The Morgan fingerprint density at radius 1 is 1.07 bits per heavy atom. The third kappa shape index (κ3) is 7.52. The number of benzene rings is 2. The molecule has 0 saturated carbocycles. The molecule has 1 aliphatic heterocycles. The van der Waals surface area contributed by atoms with Gasteiger partial charge >= 0.3 is 0 Å². The van der Waals surface area contributed by atoms with E-state index in [1.165, 1.54) is 0 Å². The van der Waals surface area contributed by atoms with Gasteiger partial charge in [0.2, 0.25) is 17.7 Å². The van der Waals surface area contributed by atoms with Gasteiger partial charge in [-0.25, -0.2) is 4.98 Å². The van der Waals surface area contributed by atoms with E-state index in [0.717, 1.165) is 16.8 Å². The molecule has 2 aromatic carbocycles. The number of amides is 2. The van der Waals surface area contributed by atoms with E-state index < -0.39 is 6.04 Å². The Bertz CT molecular complexity index is 1490. The van der Waals surface area contributed by atoms with Crippen LogP contribution in [0.2, 0.25) is 0 Å². The third-order valence-corrected chi connectivity index (χ3v) is 7.02. The Labute approximate surface area is 245 Å². The first-order valence-electron chi connectivity index (χ1n) is 14.0. The highest BCUT2D eigenvalue weighted by atomic mass is 16.5. The van der Waals surface area contributed by atoms with Gasteiger partial charge in [0.05, 0.1) is 32.5 Å². The van der Waals surface area contributed by atoms with Gasteiger partial charge in [-0.3, -0.25) is 19.5 Å². The Morgan fingerprint density at radius 2 is 1.90 bits per heavy atom. The lowest BCUT2D eigenvalue weighted by Crippen LogP contribution is -2.50. The van der Waals surface area contributed by atoms with Crippen molar-refractivity contribution in [2.75, 3.05) is 26.8 Å². The number of pyridine rings is 1. The number of aromatic nitrogens is 2. The molecular formula is C32H35N5O5. The molecule has 1 aliphatic rings. The summed E-state index contributed by atoms with van der Waals surface area (Å²) < 4.78 is 17.6. The van der Waals surface area contributed by atoms with E-state index in [2.05, 4.69) is 20.6 Å². The summed E-state index contributed by atoms with van der Waals surface area (Å²) in [7, 11) is 1.59. The van der Waals surface area contributed by atoms with Crippen molar-refractivity contribution in [3.05, 3.63) is 95.6 Å². The van der Waals surface area contributed by atoms with Crippen LogP contribution in [0.1, 0.15) is 29.1 Å². The standard InChI is InChI=1S/C32H35N5O5/c1-22-27-19-34-31(39)26(17-23-9-4-3-5-10-23)35-30(38)21-37(20-25-11-6-7-14-33-25)15-8-16-41-29-18-24(32(36-27)42-22)12-13-28(29)40-2/h3-7,9-14,18,26H,8,15-17,19-21H2,1-2H3,(H,34,39)(H,35,38)/t26-/m1/s1. The van der Waals surface area contributed by atoms with Gasteiger partial charge in [0, 0.05) is 31.3 Å². The highest BCUT2D eigenvalue weighted by Gasteiger charge is 2.24. The minimum absolute atomic E-state index is 0.0969. The molecule has 218 valence electrons. The number of rotatable bonds is 5. The SMILES string of the molecule is COc1ccc2cc1OCCCN(Cc1ccccn1)CC(=O)N[C@H](Cc1ccccc1)C(=O)NCc1nc-2oc1C. The lowest BCUT2D eigenvalue weighted by atomic mass is 10.1. The summed E-state index contributed by atoms with van der Waals surface area (Å²) in [6.07, 6.45) is 2.73. The number of methoxy groups -OCH3 is 1. The van der Waals surface area contributed by atoms with Crippen LogP contribution in [0.5, 0.6) is 11.5 Å². The summed E-state index contributed by atoms with van der Waals surface area (Å²) in [6.45, 7) is 3.51. The van der Waals surface area contributed by atoms with Crippen molar-refractivity contribution in [3.8, 4) is 23.0 Å². The van der Waals surface area contributed by atoms with Crippen LogP contribution in [0, 0.1) is 6.92 Å². The van der Waals surface area contributed by atoms with Crippen LogP contribution < -0.4 is 20.1 Å². The molecule has 10 heteroatoms.